The minimum absolute atomic E-state index is 0.311. The summed E-state index contributed by atoms with van der Waals surface area (Å²) in [5.41, 5.74) is -1.48. The molecular formula is C17H28O12. The van der Waals surface area contributed by atoms with Crippen molar-refractivity contribution < 1.29 is 58.6 Å². The van der Waals surface area contributed by atoms with Crippen LogP contribution >= 0.6 is 0 Å². The largest absolute Gasteiger partial charge is 0.465 e. The highest BCUT2D eigenvalue weighted by atomic mass is 16.6. The number of esters is 4. The molecule has 0 radical (unpaired) electrons. The van der Waals surface area contributed by atoms with Gasteiger partial charge < -0.3 is 39.4 Å². The molecular weight excluding hydrogens is 396 g/mol. The summed E-state index contributed by atoms with van der Waals surface area (Å²) in [7, 11) is 0. The summed E-state index contributed by atoms with van der Waals surface area (Å²) in [5, 5.41) is 35.2. The molecule has 12 heteroatoms. The van der Waals surface area contributed by atoms with E-state index in [0.717, 1.165) is 0 Å². The van der Waals surface area contributed by atoms with Gasteiger partial charge >= 0.3 is 23.9 Å². The lowest BCUT2D eigenvalue weighted by atomic mass is 9.92. The molecule has 12 nitrogen and oxygen atoms in total. The molecule has 0 bridgehead atoms. The molecule has 168 valence electrons. The zero-order valence-electron chi connectivity index (χ0n) is 16.0. The van der Waals surface area contributed by atoms with E-state index in [2.05, 4.69) is 0 Å². The van der Waals surface area contributed by atoms with E-state index in [-0.39, 0.29) is 25.7 Å². The van der Waals surface area contributed by atoms with E-state index in [1.165, 1.54) is 0 Å². The predicted octanol–water partition coefficient (Wildman–Crippen LogP) is -2.32. The highest BCUT2D eigenvalue weighted by Gasteiger charge is 2.37. The first-order valence-electron chi connectivity index (χ1n) is 8.88. The number of hydrogen-bond donors (Lipinski definition) is 4. The van der Waals surface area contributed by atoms with Gasteiger partial charge in [0.15, 0.2) is 0 Å². The number of rotatable bonds is 16. The summed E-state index contributed by atoms with van der Waals surface area (Å²) in [4.78, 5) is 46.4. The Morgan fingerprint density at radius 3 is 0.862 bits per heavy atom. The number of ether oxygens (including phenoxy) is 4. The molecule has 0 saturated carbocycles. The zero-order valence-corrected chi connectivity index (χ0v) is 16.0. The summed E-state index contributed by atoms with van der Waals surface area (Å²) >= 11 is 0. The van der Waals surface area contributed by atoms with Crippen molar-refractivity contribution in [3.8, 4) is 0 Å². The van der Waals surface area contributed by atoms with Crippen LogP contribution in [0.5, 0.6) is 0 Å². The Balaban J connectivity index is 5.35. The van der Waals surface area contributed by atoms with Crippen LogP contribution in [0, 0.1) is 5.41 Å². The molecule has 0 amide bonds. The first-order valence-corrected chi connectivity index (χ1v) is 8.88. The zero-order chi connectivity index (χ0) is 22.1. The van der Waals surface area contributed by atoms with E-state index in [1.807, 2.05) is 0 Å². The van der Waals surface area contributed by atoms with Gasteiger partial charge in [-0.05, 0) is 0 Å². The lowest BCUT2D eigenvalue weighted by molar-refractivity contribution is -0.171. The summed E-state index contributed by atoms with van der Waals surface area (Å²) < 4.78 is 20.0. The third-order valence-electron chi connectivity index (χ3n) is 3.42. The van der Waals surface area contributed by atoms with Crippen molar-refractivity contribution in [2.24, 2.45) is 5.41 Å². The van der Waals surface area contributed by atoms with Gasteiger partial charge in [-0.25, -0.2) is 0 Å². The van der Waals surface area contributed by atoms with Gasteiger partial charge in [0.05, 0.1) is 52.1 Å². The average molecular weight is 424 g/mol. The molecule has 0 spiro atoms. The van der Waals surface area contributed by atoms with Gasteiger partial charge in [0.25, 0.3) is 0 Å². The first kappa shape index (κ1) is 26.7. The summed E-state index contributed by atoms with van der Waals surface area (Å²) in [6.07, 6.45) is -1.24. The molecule has 0 atom stereocenters. The summed E-state index contributed by atoms with van der Waals surface area (Å²) in [6, 6.07) is 0. The molecule has 0 unspecified atom stereocenters. The van der Waals surface area contributed by atoms with E-state index < -0.39 is 82.1 Å². The number of carbonyl (C=O) groups is 4. The van der Waals surface area contributed by atoms with Gasteiger partial charge in [-0.15, -0.1) is 0 Å². The quantitative estimate of drug-likeness (QED) is 0.153. The Morgan fingerprint density at radius 1 is 0.483 bits per heavy atom. The lowest BCUT2D eigenvalue weighted by Crippen LogP contribution is -2.44. The third-order valence-corrected chi connectivity index (χ3v) is 3.42. The third kappa shape index (κ3) is 12.7. The van der Waals surface area contributed by atoms with Crippen LogP contribution in [0.3, 0.4) is 0 Å². The van der Waals surface area contributed by atoms with E-state index in [4.69, 9.17) is 39.4 Å². The van der Waals surface area contributed by atoms with Gasteiger partial charge in [0.1, 0.15) is 31.8 Å². The first-order chi connectivity index (χ1) is 13.8. The fourth-order valence-corrected chi connectivity index (χ4v) is 1.84. The summed E-state index contributed by atoms with van der Waals surface area (Å²) in [5.74, 6) is -3.16. The van der Waals surface area contributed by atoms with Crippen LogP contribution in [0.4, 0.5) is 0 Å². The molecule has 0 aliphatic carbocycles. The molecule has 29 heavy (non-hydrogen) atoms. The van der Waals surface area contributed by atoms with E-state index in [0.29, 0.717) is 0 Å². The molecule has 4 N–H and O–H groups in total. The molecule has 0 saturated heterocycles. The van der Waals surface area contributed by atoms with Crippen LogP contribution < -0.4 is 0 Å². The topological polar surface area (TPSA) is 186 Å². The highest BCUT2D eigenvalue weighted by molar-refractivity contribution is 5.71. The molecule has 0 aromatic carbocycles. The Bertz CT molecular complexity index is 425. The number of carbonyl (C=O) groups excluding carboxylic acids is 4. The Morgan fingerprint density at radius 2 is 0.690 bits per heavy atom. The minimum Gasteiger partial charge on any atom is -0.465 e. The van der Waals surface area contributed by atoms with Crippen molar-refractivity contribution in [1.82, 2.24) is 0 Å². The SMILES string of the molecule is O=C(CCO)OCC(COC(=O)CCO)(COC(=O)CCO)COC(=O)CCO. The number of aliphatic hydroxyl groups excluding tert-OH is 4. The van der Waals surface area contributed by atoms with Crippen LogP contribution in [0.1, 0.15) is 25.7 Å². The number of aliphatic hydroxyl groups is 4. The second kappa shape index (κ2) is 15.6. The van der Waals surface area contributed by atoms with E-state index in [1.54, 1.807) is 0 Å². The molecule has 0 aliphatic heterocycles. The van der Waals surface area contributed by atoms with Crippen molar-refractivity contribution in [2.45, 2.75) is 25.7 Å². The van der Waals surface area contributed by atoms with Crippen molar-refractivity contribution >= 4 is 23.9 Å². The highest BCUT2D eigenvalue weighted by Crippen LogP contribution is 2.22. The Kier molecular flexibility index (Phi) is 14.4. The molecule has 0 aromatic rings. The van der Waals surface area contributed by atoms with Gasteiger partial charge in [-0.1, -0.05) is 0 Å². The molecule has 0 aromatic heterocycles. The number of hydrogen-bond acceptors (Lipinski definition) is 12. The average Bonchev–Trinajstić information content (AvgIpc) is 2.68. The Hall–Kier alpha value is -2.28. The molecule has 0 aliphatic rings. The minimum atomic E-state index is -1.48. The van der Waals surface area contributed by atoms with Gasteiger partial charge in [-0.2, -0.15) is 0 Å². The maximum atomic E-state index is 11.6. The second-order valence-electron chi connectivity index (χ2n) is 6.04. The monoisotopic (exact) mass is 424 g/mol. The normalized spacial score (nSPS) is 10.9. The van der Waals surface area contributed by atoms with Gasteiger partial charge in [0, 0.05) is 0 Å². The van der Waals surface area contributed by atoms with E-state index in [9.17, 15) is 19.2 Å². The second-order valence-corrected chi connectivity index (χ2v) is 6.04. The fraction of sp³-hybridized carbons (Fsp3) is 0.765. The van der Waals surface area contributed by atoms with Crippen LogP contribution in [0.25, 0.3) is 0 Å². The Labute approximate surface area is 167 Å². The predicted molar refractivity (Wildman–Crippen MR) is 93.1 cm³/mol. The van der Waals surface area contributed by atoms with Crippen molar-refractivity contribution in [3.63, 3.8) is 0 Å². The van der Waals surface area contributed by atoms with Crippen LogP contribution in [-0.4, -0.2) is 97.2 Å². The molecule has 0 rings (SSSR count). The fourth-order valence-electron chi connectivity index (χ4n) is 1.84. The van der Waals surface area contributed by atoms with Crippen LogP contribution in [-0.2, 0) is 38.1 Å². The van der Waals surface area contributed by atoms with Crippen molar-refractivity contribution in [2.75, 3.05) is 52.9 Å². The molecule has 0 fully saturated rings. The van der Waals surface area contributed by atoms with Crippen molar-refractivity contribution in [1.29, 1.82) is 0 Å². The van der Waals surface area contributed by atoms with Gasteiger partial charge in [0.2, 0.25) is 0 Å². The summed E-state index contributed by atoms with van der Waals surface area (Å²) in [6.45, 7) is -3.81. The standard InChI is InChI=1S/C17H28O12/c18-5-1-13(22)26-9-17(10-27-14(23)2-6-19,11-28-15(24)3-7-20)12-29-16(25)4-8-21/h18-21H,1-12H2. The van der Waals surface area contributed by atoms with Crippen LogP contribution in [0.15, 0.2) is 0 Å². The molecule has 0 heterocycles. The van der Waals surface area contributed by atoms with Crippen LogP contribution in [0.2, 0.25) is 0 Å². The maximum absolute atomic E-state index is 11.6. The van der Waals surface area contributed by atoms with Gasteiger partial charge in [-0.3, -0.25) is 19.2 Å². The van der Waals surface area contributed by atoms with Crippen molar-refractivity contribution in [3.05, 3.63) is 0 Å². The smallest absolute Gasteiger partial charge is 0.308 e. The van der Waals surface area contributed by atoms with E-state index >= 15 is 0 Å². The lowest BCUT2D eigenvalue weighted by Gasteiger charge is -2.31. The maximum Gasteiger partial charge on any atom is 0.308 e.